The number of fused-ring (bicyclic) bond motifs is 1. The van der Waals surface area contributed by atoms with Crippen molar-refractivity contribution in [3.8, 4) is 0 Å². The van der Waals surface area contributed by atoms with Crippen LogP contribution in [0.25, 0.3) is 0 Å². The van der Waals surface area contributed by atoms with Gasteiger partial charge >= 0.3 is 0 Å². The first kappa shape index (κ1) is 9.65. The van der Waals surface area contributed by atoms with Gasteiger partial charge in [-0.1, -0.05) is 15.9 Å². The van der Waals surface area contributed by atoms with Gasteiger partial charge in [0.15, 0.2) is 0 Å². The summed E-state index contributed by atoms with van der Waals surface area (Å²) in [5.41, 5.74) is 1.34. The number of amides is 1. The molecule has 0 saturated heterocycles. The third kappa shape index (κ3) is 1.43. The van der Waals surface area contributed by atoms with E-state index in [2.05, 4.69) is 15.9 Å². The Morgan fingerprint density at radius 2 is 2.29 bits per heavy atom. The van der Waals surface area contributed by atoms with Crippen LogP contribution in [-0.2, 0) is 11.2 Å². The second-order valence-electron chi connectivity index (χ2n) is 3.32. The van der Waals surface area contributed by atoms with E-state index in [0.29, 0.717) is 12.2 Å². The van der Waals surface area contributed by atoms with E-state index < -0.39 is 0 Å². The number of hydrogen-bond acceptors (Lipinski definition) is 1. The second-order valence-corrected chi connectivity index (χ2v) is 4.23. The summed E-state index contributed by atoms with van der Waals surface area (Å²) in [5, 5.41) is 0. The van der Waals surface area contributed by atoms with Crippen LogP contribution in [0.5, 0.6) is 0 Å². The molecular weight excluding hydrogens is 249 g/mol. The summed E-state index contributed by atoms with van der Waals surface area (Å²) in [6, 6.07) is 3.25. The van der Waals surface area contributed by atoms with Crippen LogP contribution in [0.1, 0.15) is 12.5 Å². The van der Waals surface area contributed by atoms with Crippen molar-refractivity contribution in [1.82, 2.24) is 0 Å². The Labute approximate surface area is 89.8 Å². The molecule has 1 heterocycles. The Kier molecular flexibility index (Phi) is 2.31. The summed E-state index contributed by atoms with van der Waals surface area (Å²) >= 11 is 3.23. The first-order valence-electron chi connectivity index (χ1n) is 4.35. The maximum atomic E-state index is 13.5. The summed E-state index contributed by atoms with van der Waals surface area (Å²) in [6.45, 7) is 2.04. The van der Waals surface area contributed by atoms with Crippen LogP contribution in [0, 0.1) is 5.82 Å². The lowest BCUT2D eigenvalue weighted by Gasteiger charge is -2.15. The van der Waals surface area contributed by atoms with Crippen molar-refractivity contribution in [3.63, 3.8) is 0 Å². The largest absolute Gasteiger partial charge is 0.309 e. The molecule has 0 fully saturated rings. The number of anilines is 1. The number of halogens is 2. The fourth-order valence-corrected chi connectivity index (χ4v) is 2.25. The van der Waals surface area contributed by atoms with Gasteiger partial charge in [0.25, 0.3) is 0 Å². The van der Waals surface area contributed by atoms with Gasteiger partial charge in [-0.05, 0) is 24.1 Å². The molecule has 74 valence electrons. The molecule has 0 N–H and O–H groups in total. The Balaban J connectivity index is 2.54. The molecule has 2 rings (SSSR count). The molecule has 0 spiro atoms. The van der Waals surface area contributed by atoms with Crippen molar-refractivity contribution in [3.05, 3.63) is 28.0 Å². The SMILES string of the molecule is CC(=O)N1CCc2cc(Br)cc(F)c21. The average molecular weight is 258 g/mol. The normalized spacial score (nSPS) is 14.4. The maximum Gasteiger partial charge on any atom is 0.223 e. The number of benzene rings is 1. The van der Waals surface area contributed by atoms with Crippen LogP contribution >= 0.6 is 15.9 Å². The van der Waals surface area contributed by atoms with Gasteiger partial charge in [0.2, 0.25) is 5.91 Å². The predicted octanol–water partition coefficient (Wildman–Crippen LogP) is 2.50. The number of rotatable bonds is 0. The molecule has 1 aromatic carbocycles. The first-order valence-corrected chi connectivity index (χ1v) is 5.15. The molecule has 0 atom stereocenters. The lowest BCUT2D eigenvalue weighted by Crippen LogP contribution is -2.26. The van der Waals surface area contributed by atoms with Crippen molar-refractivity contribution in [2.45, 2.75) is 13.3 Å². The highest BCUT2D eigenvalue weighted by atomic mass is 79.9. The molecule has 1 aromatic rings. The Morgan fingerprint density at radius 1 is 1.57 bits per heavy atom. The molecule has 2 nitrogen and oxygen atoms in total. The quantitative estimate of drug-likeness (QED) is 0.700. The molecule has 0 saturated carbocycles. The van der Waals surface area contributed by atoms with Crippen molar-refractivity contribution >= 4 is 27.5 Å². The maximum absolute atomic E-state index is 13.5. The molecule has 0 aromatic heterocycles. The smallest absolute Gasteiger partial charge is 0.223 e. The van der Waals surface area contributed by atoms with Crippen molar-refractivity contribution in [2.75, 3.05) is 11.4 Å². The van der Waals surface area contributed by atoms with E-state index in [1.165, 1.54) is 17.9 Å². The monoisotopic (exact) mass is 257 g/mol. The van der Waals surface area contributed by atoms with Gasteiger partial charge in [0.05, 0.1) is 5.69 Å². The standard InChI is InChI=1S/C10H9BrFNO/c1-6(14)13-3-2-7-4-8(11)5-9(12)10(7)13/h4-5H,2-3H2,1H3. The van der Waals surface area contributed by atoms with E-state index in [1.807, 2.05) is 6.07 Å². The van der Waals surface area contributed by atoms with Crippen molar-refractivity contribution in [2.24, 2.45) is 0 Å². The second kappa shape index (κ2) is 3.35. The van der Waals surface area contributed by atoms with Gasteiger partial charge in [0, 0.05) is 17.9 Å². The van der Waals surface area contributed by atoms with Crippen LogP contribution in [0.4, 0.5) is 10.1 Å². The third-order valence-electron chi connectivity index (χ3n) is 2.36. The lowest BCUT2D eigenvalue weighted by atomic mass is 10.1. The highest BCUT2D eigenvalue weighted by Crippen LogP contribution is 2.33. The molecule has 14 heavy (non-hydrogen) atoms. The highest BCUT2D eigenvalue weighted by Gasteiger charge is 2.25. The van der Waals surface area contributed by atoms with E-state index in [4.69, 9.17) is 0 Å². The fourth-order valence-electron chi connectivity index (χ4n) is 1.77. The van der Waals surface area contributed by atoms with Gasteiger partial charge in [-0.15, -0.1) is 0 Å². The van der Waals surface area contributed by atoms with E-state index in [1.54, 1.807) is 0 Å². The summed E-state index contributed by atoms with van der Waals surface area (Å²) in [7, 11) is 0. The van der Waals surface area contributed by atoms with Crippen LogP contribution in [0.2, 0.25) is 0 Å². The molecule has 0 unspecified atom stereocenters. The average Bonchev–Trinajstić information content (AvgIpc) is 2.47. The zero-order chi connectivity index (χ0) is 10.3. The molecule has 1 aliphatic rings. The number of nitrogens with zero attached hydrogens (tertiary/aromatic N) is 1. The molecule has 0 radical (unpaired) electrons. The van der Waals surface area contributed by atoms with E-state index >= 15 is 0 Å². The van der Waals surface area contributed by atoms with Gasteiger partial charge in [-0.2, -0.15) is 0 Å². The number of hydrogen-bond donors (Lipinski definition) is 0. The van der Waals surface area contributed by atoms with Crippen molar-refractivity contribution < 1.29 is 9.18 Å². The Morgan fingerprint density at radius 3 is 2.93 bits per heavy atom. The molecular formula is C10H9BrFNO. The zero-order valence-electron chi connectivity index (χ0n) is 7.68. The lowest BCUT2D eigenvalue weighted by molar-refractivity contribution is -0.116. The molecule has 0 bridgehead atoms. The molecule has 1 amide bonds. The van der Waals surface area contributed by atoms with Gasteiger partial charge in [0.1, 0.15) is 5.82 Å². The summed E-state index contributed by atoms with van der Waals surface area (Å²) in [4.78, 5) is 12.7. The van der Waals surface area contributed by atoms with Crippen LogP contribution in [0.15, 0.2) is 16.6 Å². The van der Waals surface area contributed by atoms with Crippen LogP contribution in [0.3, 0.4) is 0 Å². The van der Waals surface area contributed by atoms with Crippen molar-refractivity contribution in [1.29, 1.82) is 0 Å². The van der Waals surface area contributed by atoms with E-state index in [0.717, 1.165) is 16.5 Å². The molecule has 4 heteroatoms. The third-order valence-corrected chi connectivity index (χ3v) is 2.82. The van der Waals surface area contributed by atoms with E-state index in [-0.39, 0.29) is 11.7 Å². The topological polar surface area (TPSA) is 20.3 Å². The number of carbonyl (C=O) groups is 1. The minimum absolute atomic E-state index is 0.107. The minimum Gasteiger partial charge on any atom is -0.309 e. The highest BCUT2D eigenvalue weighted by molar-refractivity contribution is 9.10. The summed E-state index contributed by atoms with van der Waals surface area (Å²) in [6.07, 6.45) is 0.727. The van der Waals surface area contributed by atoms with Gasteiger partial charge in [-0.25, -0.2) is 4.39 Å². The summed E-state index contributed by atoms with van der Waals surface area (Å²) in [5.74, 6) is -0.438. The Hall–Kier alpha value is -0.900. The molecule has 1 aliphatic heterocycles. The van der Waals surface area contributed by atoms with Crippen LogP contribution < -0.4 is 4.90 Å². The zero-order valence-corrected chi connectivity index (χ0v) is 9.27. The Bertz CT molecular complexity index is 405. The first-order chi connectivity index (χ1) is 6.59. The van der Waals surface area contributed by atoms with Gasteiger partial charge in [-0.3, -0.25) is 4.79 Å². The molecule has 0 aliphatic carbocycles. The van der Waals surface area contributed by atoms with E-state index in [9.17, 15) is 9.18 Å². The minimum atomic E-state index is -0.331. The number of carbonyl (C=O) groups excluding carboxylic acids is 1. The van der Waals surface area contributed by atoms with Crippen LogP contribution in [-0.4, -0.2) is 12.5 Å². The predicted molar refractivity (Wildman–Crippen MR) is 55.8 cm³/mol. The fraction of sp³-hybridized carbons (Fsp3) is 0.300. The van der Waals surface area contributed by atoms with Gasteiger partial charge < -0.3 is 4.90 Å². The summed E-state index contributed by atoms with van der Waals surface area (Å²) < 4.78 is 14.3.